The number of carbonyl (C=O) groups is 2. The average molecular weight is 228 g/mol. The smallest absolute Gasteiger partial charge is 0.417 e. The molecule has 4 heteroatoms. The van der Waals surface area contributed by atoms with Crippen LogP contribution in [-0.4, -0.2) is 23.1 Å². The number of carboxylic acids is 1. The number of rotatable bonds is 2. The Morgan fingerprint density at radius 1 is 1.44 bits per heavy atom. The molecule has 0 radical (unpaired) electrons. The standard InChI is InChI=1S/C12H20O4/c1-8(16-11(15)10(13)14)9-5-4-6-12(2,3)7-9/h8-9H,4-7H2,1-3H3,(H,13,14). The van der Waals surface area contributed by atoms with Crippen molar-refractivity contribution in [2.24, 2.45) is 11.3 Å². The molecule has 0 aliphatic heterocycles. The molecule has 0 heterocycles. The Morgan fingerprint density at radius 3 is 2.56 bits per heavy atom. The van der Waals surface area contributed by atoms with Gasteiger partial charge in [0.1, 0.15) is 6.10 Å². The average Bonchev–Trinajstić information content (AvgIpc) is 2.15. The number of ether oxygens (including phenoxy) is 1. The van der Waals surface area contributed by atoms with Crippen molar-refractivity contribution in [3.8, 4) is 0 Å². The Hall–Kier alpha value is -1.06. The highest BCUT2D eigenvalue weighted by molar-refractivity contribution is 6.28. The van der Waals surface area contributed by atoms with E-state index in [2.05, 4.69) is 13.8 Å². The first kappa shape index (κ1) is 13.0. The van der Waals surface area contributed by atoms with Crippen LogP contribution in [0.2, 0.25) is 0 Å². The second-order valence-electron chi connectivity index (χ2n) is 5.44. The minimum Gasteiger partial charge on any atom is -0.473 e. The molecule has 16 heavy (non-hydrogen) atoms. The van der Waals surface area contributed by atoms with Gasteiger partial charge in [0.15, 0.2) is 0 Å². The number of carboxylic acid groups (broad SMARTS) is 1. The zero-order valence-corrected chi connectivity index (χ0v) is 10.2. The third kappa shape index (κ3) is 3.51. The van der Waals surface area contributed by atoms with Gasteiger partial charge in [0, 0.05) is 0 Å². The highest BCUT2D eigenvalue weighted by atomic mass is 16.6. The van der Waals surface area contributed by atoms with Gasteiger partial charge in [-0.15, -0.1) is 0 Å². The number of hydrogen-bond donors (Lipinski definition) is 1. The van der Waals surface area contributed by atoms with E-state index in [-0.39, 0.29) is 17.4 Å². The van der Waals surface area contributed by atoms with Gasteiger partial charge in [0.25, 0.3) is 0 Å². The van der Waals surface area contributed by atoms with Crippen LogP contribution in [0, 0.1) is 11.3 Å². The minimum atomic E-state index is -1.51. The SMILES string of the molecule is CC(OC(=O)C(=O)O)C1CCCC(C)(C)C1. The zero-order chi connectivity index (χ0) is 12.3. The largest absolute Gasteiger partial charge is 0.473 e. The maximum atomic E-state index is 10.9. The normalized spacial score (nSPS) is 25.8. The quantitative estimate of drug-likeness (QED) is 0.581. The van der Waals surface area contributed by atoms with Crippen LogP contribution in [0.25, 0.3) is 0 Å². The maximum Gasteiger partial charge on any atom is 0.417 e. The van der Waals surface area contributed by atoms with E-state index in [9.17, 15) is 9.59 Å². The molecule has 2 atom stereocenters. The molecule has 2 unspecified atom stereocenters. The summed E-state index contributed by atoms with van der Waals surface area (Å²) in [5, 5.41) is 8.46. The van der Waals surface area contributed by atoms with E-state index in [1.54, 1.807) is 6.92 Å². The first-order chi connectivity index (χ1) is 7.32. The van der Waals surface area contributed by atoms with E-state index < -0.39 is 11.9 Å². The third-order valence-electron chi connectivity index (χ3n) is 3.37. The molecule has 0 saturated heterocycles. The van der Waals surface area contributed by atoms with Gasteiger partial charge in [-0.2, -0.15) is 0 Å². The molecule has 92 valence electrons. The van der Waals surface area contributed by atoms with Crippen LogP contribution in [0.4, 0.5) is 0 Å². The van der Waals surface area contributed by atoms with Gasteiger partial charge in [-0.3, -0.25) is 0 Å². The highest BCUT2D eigenvalue weighted by Crippen LogP contribution is 2.40. The first-order valence-corrected chi connectivity index (χ1v) is 5.76. The molecule has 1 aliphatic rings. The fourth-order valence-electron chi connectivity index (χ4n) is 2.47. The lowest BCUT2D eigenvalue weighted by molar-refractivity contribution is -0.169. The van der Waals surface area contributed by atoms with Crippen LogP contribution in [0.3, 0.4) is 0 Å². The van der Waals surface area contributed by atoms with Crippen molar-refractivity contribution in [1.82, 2.24) is 0 Å². The van der Waals surface area contributed by atoms with Crippen molar-refractivity contribution in [2.75, 3.05) is 0 Å². The number of carbonyl (C=O) groups excluding carboxylic acids is 1. The predicted octanol–water partition coefficient (Wildman–Crippen LogP) is 2.22. The minimum absolute atomic E-state index is 0.271. The van der Waals surface area contributed by atoms with Gasteiger partial charge in [0.2, 0.25) is 0 Å². The van der Waals surface area contributed by atoms with E-state index in [0.717, 1.165) is 19.3 Å². The molecule has 1 saturated carbocycles. The van der Waals surface area contributed by atoms with Crippen LogP contribution in [0.15, 0.2) is 0 Å². The van der Waals surface area contributed by atoms with E-state index in [4.69, 9.17) is 9.84 Å². The van der Waals surface area contributed by atoms with Gasteiger partial charge in [-0.25, -0.2) is 9.59 Å². The monoisotopic (exact) mass is 228 g/mol. The van der Waals surface area contributed by atoms with Gasteiger partial charge < -0.3 is 9.84 Å². The lowest BCUT2D eigenvalue weighted by Gasteiger charge is -2.37. The molecule has 1 rings (SSSR count). The maximum absolute atomic E-state index is 10.9. The Morgan fingerprint density at radius 2 is 2.06 bits per heavy atom. The molecule has 0 aromatic carbocycles. The predicted molar refractivity (Wildman–Crippen MR) is 58.9 cm³/mol. The summed E-state index contributed by atoms with van der Waals surface area (Å²) >= 11 is 0. The second kappa shape index (κ2) is 4.85. The van der Waals surface area contributed by atoms with Crippen LogP contribution in [0.5, 0.6) is 0 Å². The van der Waals surface area contributed by atoms with Crippen molar-refractivity contribution in [3.05, 3.63) is 0 Å². The Bertz CT molecular complexity index is 283. The summed E-state index contributed by atoms with van der Waals surface area (Å²) < 4.78 is 4.91. The third-order valence-corrected chi connectivity index (χ3v) is 3.37. The summed E-state index contributed by atoms with van der Waals surface area (Å²) in [4.78, 5) is 21.3. The van der Waals surface area contributed by atoms with Crippen molar-refractivity contribution in [2.45, 2.75) is 52.6 Å². The number of esters is 1. The summed E-state index contributed by atoms with van der Waals surface area (Å²) in [5.74, 6) is -2.37. The number of aliphatic carboxylic acids is 1. The highest BCUT2D eigenvalue weighted by Gasteiger charge is 2.33. The van der Waals surface area contributed by atoms with Crippen molar-refractivity contribution in [3.63, 3.8) is 0 Å². The molecule has 1 fully saturated rings. The Balaban J connectivity index is 2.51. The molecule has 1 aliphatic carbocycles. The van der Waals surface area contributed by atoms with Crippen molar-refractivity contribution in [1.29, 1.82) is 0 Å². The van der Waals surface area contributed by atoms with E-state index in [0.29, 0.717) is 0 Å². The summed E-state index contributed by atoms with van der Waals surface area (Å²) in [6.07, 6.45) is 4.00. The molecule has 0 aromatic heterocycles. The van der Waals surface area contributed by atoms with Crippen LogP contribution >= 0.6 is 0 Å². The molecule has 4 nitrogen and oxygen atoms in total. The first-order valence-electron chi connectivity index (χ1n) is 5.76. The molecular weight excluding hydrogens is 208 g/mol. The summed E-state index contributed by atoms with van der Waals surface area (Å²) in [6.45, 7) is 6.18. The molecular formula is C12H20O4. The van der Waals surface area contributed by atoms with Crippen LogP contribution < -0.4 is 0 Å². The number of hydrogen-bond acceptors (Lipinski definition) is 3. The van der Waals surface area contributed by atoms with Crippen LogP contribution in [-0.2, 0) is 14.3 Å². The van der Waals surface area contributed by atoms with Gasteiger partial charge >= 0.3 is 11.9 Å². The summed E-state index contributed by atoms with van der Waals surface area (Å²) in [6, 6.07) is 0. The topological polar surface area (TPSA) is 63.6 Å². The second-order valence-corrected chi connectivity index (χ2v) is 5.44. The molecule has 0 spiro atoms. The Labute approximate surface area is 96.0 Å². The van der Waals surface area contributed by atoms with Crippen LogP contribution in [0.1, 0.15) is 46.5 Å². The summed E-state index contributed by atoms with van der Waals surface area (Å²) in [7, 11) is 0. The van der Waals surface area contributed by atoms with E-state index >= 15 is 0 Å². The molecule has 0 aromatic rings. The zero-order valence-electron chi connectivity index (χ0n) is 10.2. The molecule has 0 amide bonds. The van der Waals surface area contributed by atoms with Gasteiger partial charge in [-0.05, 0) is 37.5 Å². The fourth-order valence-corrected chi connectivity index (χ4v) is 2.47. The summed E-state index contributed by atoms with van der Waals surface area (Å²) in [5.41, 5.74) is 0.271. The Kier molecular flexibility index (Phi) is 3.94. The lowest BCUT2D eigenvalue weighted by atomic mass is 9.71. The van der Waals surface area contributed by atoms with Gasteiger partial charge in [0.05, 0.1) is 0 Å². The van der Waals surface area contributed by atoms with E-state index in [1.165, 1.54) is 6.42 Å². The molecule has 1 N–H and O–H groups in total. The molecule has 0 bridgehead atoms. The van der Waals surface area contributed by atoms with Crippen molar-refractivity contribution >= 4 is 11.9 Å². The van der Waals surface area contributed by atoms with E-state index in [1.807, 2.05) is 0 Å². The fraction of sp³-hybridized carbons (Fsp3) is 0.833. The van der Waals surface area contributed by atoms with Gasteiger partial charge in [-0.1, -0.05) is 20.3 Å². The van der Waals surface area contributed by atoms with Crippen molar-refractivity contribution < 1.29 is 19.4 Å². The lowest BCUT2D eigenvalue weighted by Crippen LogP contribution is -2.33.